The standard InChI is InChI=1S/C17H25N5O3S2/c1-6-25-14(24)7-12-8-26-16(18-12)19-13(23)9-27-17-21-20-15(10(2)3)22(17)11(4)5/h8,10-11H,6-7,9H2,1-5H3,(H,18,19,23). The number of nitrogens with one attached hydrogen (secondary N) is 1. The second-order valence-corrected chi connectivity index (χ2v) is 8.22. The Kier molecular flexibility index (Phi) is 7.78. The average molecular weight is 412 g/mol. The number of anilines is 1. The highest BCUT2D eigenvalue weighted by Crippen LogP contribution is 2.25. The highest BCUT2D eigenvalue weighted by Gasteiger charge is 2.19. The first kappa shape index (κ1) is 21.4. The molecule has 0 saturated heterocycles. The summed E-state index contributed by atoms with van der Waals surface area (Å²) in [5.41, 5.74) is 0.586. The Bertz CT molecular complexity index is 785. The van der Waals surface area contributed by atoms with Gasteiger partial charge in [-0.15, -0.1) is 21.5 Å². The first-order valence-corrected chi connectivity index (χ1v) is 10.7. The molecule has 0 bridgehead atoms. The van der Waals surface area contributed by atoms with Crippen LogP contribution >= 0.6 is 23.1 Å². The Morgan fingerprint density at radius 1 is 1.30 bits per heavy atom. The number of carbonyl (C=O) groups is 2. The largest absolute Gasteiger partial charge is 0.466 e. The second-order valence-electron chi connectivity index (χ2n) is 6.42. The molecule has 10 heteroatoms. The van der Waals surface area contributed by atoms with E-state index in [0.717, 1.165) is 11.0 Å². The Morgan fingerprint density at radius 2 is 2.04 bits per heavy atom. The maximum absolute atomic E-state index is 12.2. The summed E-state index contributed by atoms with van der Waals surface area (Å²) in [6.07, 6.45) is 0.102. The third-order valence-electron chi connectivity index (χ3n) is 3.48. The maximum Gasteiger partial charge on any atom is 0.311 e. The van der Waals surface area contributed by atoms with E-state index in [9.17, 15) is 9.59 Å². The molecule has 0 saturated carbocycles. The van der Waals surface area contributed by atoms with E-state index < -0.39 is 0 Å². The highest BCUT2D eigenvalue weighted by atomic mass is 32.2. The molecule has 2 rings (SSSR count). The lowest BCUT2D eigenvalue weighted by molar-refractivity contribution is -0.142. The molecule has 2 aromatic rings. The Hall–Kier alpha value is -1.94. The lowest BCUT2D eigenvalue weighted by Crippen LogP contribution is -2.15. The molecule has 0 aliphatic heterocycles. The van der Waals surface area contributed by atoms with E-state index in [2.05, 4.69) is 52.8 Å². The van der Waals surface area contributed by atoms with Crippen molar-refractivity contribution < 1.29 is 14.3 Å². The van der Waals surface area contributed by atoms with E-state index >= 15 is 0 Å². The number of thioether (sulfide) groups is 1. The van der Waals surface area contributed by atoms with Gasteiger partial charge in [0.1, 0.15) is 5.82 Å². The van der Waals surface area contributed by atoms with Gasteiger partial charge in [0, 0.05) is 17.3 Å². The average Bonchev–Trinajstić information content (AvgIpc) is 3.19. The fraction of sp³-hybridized carbons (Fsp3) is 0.588. The molecular formula is C17H25N5O3S2. The summed E-state index contributed by atoms with van der Waals surface area (Å²) in [7, 11) is 0. The summed E-state index contributed by atoms with van der Waals surface area (Å²) in [5.74, 6) is 0.870. The minimum atomic E-state index is -0.329. The van der Waals surface area contributed by atoms with Gasteiger partial charge in [-0.3, -0.25) is 9.59 Å². The van der Waals surface area contributed by atoms with Crippen LogP contribution in [0, 0.1) is 0 Å². The molecule has 0 aliphatic carbocycles. The Morgan fingerprint density at radius 3 is 2.67 bits per heavy atom. The quantitative estimate of drug-likeness (QED) is 0.499. The first-order chi connectivity index (χ1) is 12.8. The van der Waals surface area contributed by atoms with E-state index in [1.54, 1.807) is 12.3 Å². The smallest absolute Gasteiger partial charge is 0.311 e. The van der Waals surface area contributed by atoms with Crippen LogP contribution in [0.5, 0.6) is 0 Å². The zero-order valence-electron chi connectivity index (χ0n) is 16.2. The number of ether oxygens (including phenoxy) is 1. The number of aromatic nitrogens is 4. The summed E-state index contributed by atoms with van der Waals surface area (Å²) < 4.78 is 6.95. The van der Waals surface area contributed by atoms with E-state index in [1.165, 1.54) is 23.1 Å². The summed E-state index contributed by atoms with van der Waals surface area (Å²) in [5, 5.41) is 14.2. The van der Waals surface area contributed by atoms with Crippen LogP contribution in [0.4, 0.5) is 5.13 Å². The lowest BCUT2D eigenvalue weighted by Gasteiger charge is -2.15. The number of carbonyl (C=O) groups excluding carboxylic acids is 2. The van der Waals surface area contributed by atoms with Crippen molar-refractivity contribution in [3.8, 4) is 0 Å². The molecule has 0 fully saturated rings. The van der Waals surface area contributed by atoms with Gasteiger partial charge in [0.15, 0.2) is 10.3 Å². The van der Waals surface area contributed by atoms with Gasteiger partial charge in [0.25, 0.3) is 0 Å². The fourth-order valence-electron chi connectivity index (χ4n) is 2.36. The third-order valence-corrected chi connectivity index (χ3v) is 5.23. The van der Waals surface area contributed by atoms with Gasteiger partial charge in [0.05, 0.1) is 24.5 Å². The van der Waals surface area contributed by atoms with Crippen molar-refractivity contribution in [2.24, 2.45) is 0 Å². The molecule has 0 radical (unpaired) electrons. The maximum atomic E-state index is 12.2. The molecule has 0 spiro atoms. The van der Waals surface area contributed by atoms with Gasteiger partial charge in [-0.2, -0.15) is 0 Å². The predicted octanol–water partition coefficient (Wildman–Crippen LogP) is 3.28. The van der Waals surface area contributed by atoms with Gasteiger partial charge in [0.2, 0.25) is 5.91 Å². The van der Waals surface area contributed by atoms with Crippen LogP contribution in [0.15, 0.2) is 10.5 Å². The number of hydrogen-bond donors (Lipinski definition) is 1. The zero-order valence-corrected chi connectivity index (χ0v) is 17.8. The molecule has 0 unspecified atom stereocenters. The van der Waals surface area contributed by atoms with E-state index in [1.807, 2.05) is 0 Å². The SMILES string of the molecule is CCOC(=O)Cc1csc(NC(=O)CSc2nnc(C(C)C)n2C(C)C)n1. The number of esters is 1. The van der Waals surface area contributed by atoms with Crippen LogP contribution in [0.2, 0.25) is 0 Å². The van der Waals surface area contributed by atoms with Crippen molar-refractivity contribution in [2.45, 2.75) is 58.2 Å². The molecule has 148 valence electrons. The lowest BCUT2D eigenvalue weighted by atomic mass is 10.2. The number of nitrogens with zero attached hydrogens (tertiary/aromatic N) is 4. The monoisotopic (exact) mass is 411 g/mol. The van der Waals surface area contributed by atoms with Crippen LogP contribution in [-0.2, 0) is 20.7 Å². The number of hydrogen-bond acceptors (Lipinski definition) is 8. The minimum Gasteiger partial charge on any atom is -0.466 e. The van der Waals surface area contributed by atoms with Crippen molar-refractivity contribution in [1.29, 1.82) is 0 Å². The topological polar surface area (TPSA) is 99.0 Å². The molecule has 2 heterocycles. The van der Waals surface area contributed by atoms with Gasteiger partial charge < -0.3 is 14.6 Å². The van der Waals surface area contributed by atoms with Gasteiger partial charge >= 0.3 is 5.97 Å². The molecule has 0 aliphatic rings. The summed E-state index contributed by atoms with van der Waals surface area (Å²) >= 11 is 2.63. The van der Waals surface area contributed by atoms with Crippen molar-refractivity contribution in [2.75, 3.05) is 17.7 Å². The van der Waals surface area contributed by atoms with Gasteiger partial charge in [-0.25, -0.2) is 4.98 Å². The Balaban J connectivity index is 1.92. The highest BCUT2D eigenvalue weighted by molar-refractivity contribution is 7.99. The van der Waals surface area contributed by atoms with Crippen molar-refractivity contribution in [3.63, 3.8) is 0 Å². The zero-order chi connectivity index (χ0) is 20.0. The second kappa shape index (κ2) is 9.84. The molecule has 0 aromatic carbocycles. The molecule has 1 N–H and O–H groups in total. The van der Waals surface area contributed by atoms with E-state index in [4.69, 9.17) is 4.74 Å². The summed E-state index contributed by atoms with van der Waals surface area (Å²) in [6, 6.07) is 0.215. The van der Waals surface area contributed by atoms with Crippen LogP contribution in [0.1, 0.15) is 58.1 Å². The van der Waals surface area contributed by atoms with Gasteiger partial charge in [-0.05, 0) is 20.8 Å². The van der Waals surface area contributed by atoms with Crippen LogP contribution in [-0.4, -0.2) is 44.0 Å². The molecular weight excluding hydrogens is 386 g/mol. The molecule has 2 aromatic heterocycles. The Labute approximate surface area is 167 Å². The van der Waals surface area contributed by atoms with Gasteiger partial charge in [-0.1, -0.05) is 25.6 Å². The summed E-state index contributed by atoms with van der Waals surface area (Å²) in [4.78, 5) is 27.9. The van der Waals surface area contributed by atoms with Crippen molar-refractivity contribution >= 4 is 40.1 Å². The molecule has 27 heavy (non-hydrogen) atoms. The van der Waals surface area contributed by atoms with E-state index in [-0.39, 0.29) is 36.0 Å². The molecule has 0 atom stereocenters. The normalized spacial score (nSPS) is 11.2. The first-order valence-electron chi connectivity index (χ1n) is 8.79. The third kappa shape index (κ3) is 6.03. The van der Waals surface area contributed by atoms with Crippen LogP contribution in [0.25, 0.3) is 0 Å². The number of rotatable bonds is 9. The molecule has 1 amide bonds. The minimum absolute atomic E-state index is 0.102. The predicted molar refractivity (Wildman–Crippen MR) is 106 cm³/mol. The fourth-order valence-corrected chi connectivity index (χ4v) is 3.96. The van der Waals surface area contributed by atoms with Crippen LogP contribution in [0.3, 0.4) is 0 Å². The van der Waals surface area contributed by atoms with Crippen molar-refractivity contribution in [1.82, 2.24) is 19.7 Å². The molecule has 8 nitrogen and oxygen atoms in total. The number of amides is 1. The summed E-state index contributed by atoms with van der Waals surface area (Å²) in [6.45, 7) is 10.4. The number of thiazole rings is 1. The van der Waals surface area contributed by atoms with E-state index in [0.29, 0.717) is 17.4 Å². The van der Waals surface area contributed by atoms with Crippen LogP contribution < -0.4 is 5.32 Å². The van der Waals surface area contributed by atoms with Crippen molar-refractivity contribution in [3.05, 3.63) is 16.9 Å².